The maximum atomic E-state index is 14.7. The van der Waals surface area contributed by atoms with Crippen molar-refractivity contribution in [1.82, 2.24) is 10.3 Å². The molecule has 0 aliphatic heterocycles. The van der Waals surface area contributed by atoms with Crippen LogP contribution in [0.1, 0.15) is 31.8 Å². The van der Waals surface area contributed by atoms with Gasteiger partial charge >= 0.3 is 0 Å². The molecule has 33 heavy (non-hydrogen) atoms. The van der Waals surface area contributed by atoms with Gasteiger partial charge in [0.15, 0.2) is 17.4 Å². The van der Waals surface area contributed by atoms with E-state index in [9.17, 15) is 23.2 Å². The van der Waals surface area contributed by atoms with Crippen molar-refractivity contribution in [2.45, 2.75) is 6.42 Å². The third kappa shape index (κ3) is 4.54. The zero-order valence-corrected chi connectivity index (χ0v) is 17.9. The molecule has 8 heteroatoms. The van der Waals surface area contributed by atoms with Crippen molar-refractivity contribution in [2.75, 3.05) is 6.54 Å². The summed E-state index contributed by atoms with van der Waals surface area (Å²) in [6.07, 6.45) is 1.54. The van der Waals surface area contributed by atoms with Gasteiger partial charge in [0.05, 0.1) is 16.5 Å². The fraction of sp³-hybridized carbons (Fsp3) is 0.0800. The van der Waals surface area contributed by atoms with E-state index in [0.29, 0.717) is 11.4 Å². The zero-order chi connectivity index (χ0) is 23.5. The van der Waals surface area contributed by atoms with Crippen molar-refractivity contribution in [1.29, 1.82) is 0 Å². The second-order valence-electron chi connectivity index (χ2n) is 7.33. The zero-order valence-electron chi connectivity index (χ0n) is 17.1. The Morgan fingerprint density at radius 1 is 0.939 bits per heavy atom. The second-order valence-corrected chi connectivity index (χ2v) is 7.77. The lowest BCUT2D eigenvalue weighted by molar-refractivity contribution is 0.0952. The first-order valence-electron chi connectivity index (χ1n) is 10.0. The second kappa shape index (κ2) is 9.34. The molecule has 0 saturated heterocycles. The molecule has 0 spiro atoms. The summed E-state index contributed by atoms with van der Waals surface area (Å²) in [7, 11) is 0. The van der Waals surface area contributed by atoms with Crippen molar-refractivity contribution in [3.63, 3.8) is 0 Å². The topological polar surface area (TPSA) is 79.0 Å². The minimum atomic E-state index is -1.37. The summed E-state index contributed by atoms with van der Waals surface area (Å²) in [4.78, 5) is 40.6. The highest BCUT2D eigenvalue weighted by molar-refractivity contribution is 6.30. The largest absolute Gasteiger partial charge is 0.358 e. The van der Waals surface area contributed by atoms with Crippen LogP contribution in [-0.2, 0) is 6.42 Å². The van der Waals surface area contributed by atoms with E-state index in [1.54, 1.807) is 30.3 Å². The summed E-state index contributed by atoms with van der Waals surface area (Å²) in [5.41, 5.74) is -1.01. The normalized spacial score (nSPS) is 10.9. The first-order valence-corrected chi connectivity index (χ1v) is 10.4. The summed E-state index contributed by atoms with van der Waals surface area (Å²) in [6, 6.07) is 15.8. The molecule has 0 aliphatic rings. The van der Waals surface area contributed by atoms with Crippen LogP contribution < -0.4 is 10.7 Å². The number of nitrogens with one attached hydrogen (secondary N) is 2. The fourth-order valence-corrected chi connectivity index (χ4v) is 3.57. The van der Waals surface area contributed by atoms with Gasteiger partial charge in [-0.05, 0) is 30.2 Å². The molecule has 1 heterocycles. The number of aromatic nitrogens is 1. The summed E-state index contributed by atoms with van der Waals surface area (Å²) in [5, 5.41) is 2.93. The molecule has 0 radical (unpaired) electrons. The number of fused-ring (bicyclic) bond motifs is 1. The number of hydrogen-bond acceptors (Lipinski definition) is 3. The van der Waals surface area contributed by atoms with Crippen molar-refractivity contribution >= 4 is 34.2 Å². The van der Waals surface area contributed by atoms with E-state index in [1.807, 2.05) is 12.1 Å². The van der Waals surface area contributed by atoms with E-state index in [0.717, 1.165) is 17.8 Å². The SMILES string of the molecule is O=C(c1ccccc1)c1cc2c(=O)c(C(=O)NCCc3ccc(Cl)cc3)c[nH]c2c(F)c1F. The highest BCUT2D eigenvalue weighted by Crippen LogP contribution is 2.23. The molecule has 1 aromatic heterocycles. The molecule has 0 saturated carbocycles. The van der Waals surface area contributed by atoms with Crippen molar-refractivity contribution < 1.29 is 18.4 Å². The van der Waals surface area contributed by atoms with Gasteiger partial charge in [0.2, 0.25) is 5.43 Å². The number of amides is 1. The Morgan fingerprint density at radius 2 is 1.64 bits per heavy atom. The minimum absolute atomic E-state index is 0.141. The van der Waals surface area contributed by atoms with Crippen LogP contribution in [0.25, 0.3) is 10.9 Å². The Bertz CT molecular complexity index is 1420. The Kier molecular flexibility index (Phi) is 6.33. The number of ketones is 1. The van der Waals surface area contributed by atoms with Crippen molar-refractivity contribution in [3.8, 4) is 0 Å². The molecule has 0 atom stereocenters. The average Bonchev–Trinajstić information content (AvgIpc) is 2.83. The number of H-pyrrole nitrogens is 1. The summed E-state index contributed by atoms with van der Waals surface area (Å²) in [5.74, 6) is -4.18. The molecule has 0 bridgehead atoms. The average molecular weight is 467 g/mol. The van der Waals surface area contributed by atoms with E-state index in [4.69, 9.17) is 11.6 Å². The molecule has 4 aromatic rings. The van der Waals surface area contributed by atoms with Gasteiger partial charge in [-0.3, -0.25) is 14.4 Å². The fourth-order valence-electron chi connectivity index (χ4n) is 3.45. The Labute approximate surface area is 192 Å². The van der Waals surface area contributed by atoms with Gasteiger partial charge in [0.1, 0.15) is 5.56 Å². The summed E-state index contributed by atoms with van der Waals surface area (Å²) < 4.78 is 29.3. The van der Waals surface area contributed by atoms with Gasteiger partial charge in [-0.25, -0.2) is 8.78 Å². The molecule has 2 N–H and O–H groups in total. The van der Waals surface area contributed by atoms with Crippen LogP contribution in [-0.4, -0.2) is 23.2 Å². The Morgan fingerprint density at radius 3 is 2.33 bits per heavy atom. The molecular weight excluding hydrogens is 450 g/mol. The smallest absolute Gasteiger partial charge is 0.256 e. The van der Waals surface area contributed by atoms with Crippen LogP contribution in [0.15, 0.2) is 71.7 Å². The molecule has 5 nitrogen and oxygen atoms in total. The minimum Gasteiger partial charge on any atom is -0.358 e. The lowest BCUT2D eigenvalue weighted by Gasteiger charge is -2.09. The molecule has 0 aliphatic carbocycles. The molecule has 4 rings (SSSR count). The van der Waals surface area contributed by atoms with Crippen LogP contribution >= 0.6 is 11.6 Å². The standard InChI is InChI=1S/C25H17ClF2N2O3/c26-16-8-6-14(7-9-16)10-11-29-25(33)19-13-30-22-18(24(19)32)12-17(20(27)21(22)28)23(31)15-4-2-1-3-5-15/h1-9,12-13H,10-11H2,(H,29,33)(H,30,32). The number of aromatic amines is 1. The van der Waals surface area contributed by atoms with Gasteiger partial charge < -0.3 is 10.3 Å². The molecule has 0 fully saturated rings. The molecular formula is C25H17ClF2N2O3. The van der Waals surface area contributed by atoms with E-state index in [2.05, 4.69) is 10.3 Å². The number of benzene rings is 3. The van der Waals surface area contributed by atoms with Gasteiger partial charge in [-0.1, -0.05) is 54.1 Å². The third-order valence-electron chi connectivity index (χ3n) is 5.19. The van der Waals surface area contributed by atoms with E-state index < -0.39 is 39.8 Å². The number of carbonyl (C=O) groups excluding carboxylic acids is 2. The summed E-state index contributed by atoms with van der Waals surface area (Å²) in [6.45, 7) is 0.244. The maximum absolute atomic E-state index is 14.7. The van der Waals surface area contributed by atoms with Gasteiger partial charge in [-0.2, -0.15) is 0 Å². The van der Waals surface area contributed by atoms with Crippen LogP contribution in [0.3, 0.4) is 0 Å². The van der Waals surface area contributed by atoms with Gasteiger partial charge in [-0.15, -0.1) is 0 Å². The van der Waals surface area contributed by atoms with Crippen molar-refractivity contribution in [3.05, 3.63) is 116 Å². The first-order chi connectivity index (χ1) is 15.9. The third-order valence-corrected chi connectivity index (χ3v) is 5.45. The van der Waals surface area contributed by atoms with Crippen molar-refractivity contribution in [2.24, 2.45) is 0 Å². The first kappa shape index (κ1) is 22.4. The maximum Gasteiger partial charge on any atom is 0.256 e. The highest BCUT2D eigenvalue weighted by Gasteiger charge is 2.23. The predicted molar refractivity (Wildman–Crippen MR) is 122 cm³/mol. The number of pyridine rings is 1. The number of carbonyl (C=O) groups is 2. The van der Waals surface area contributed by atoms with E-state index >= 15 is 0 Å². The number of rotatable bonds is 6. The highest BCUT2D eigenvalue weighted by atomic mass is 35.5. The van der Waals surface area contributed by atoms with Gasteiger partial charge in [0.25, 0.3) is 5.91 Å². The van der Waals surface area contributed by atoms with E-state index in [1.165, 1.54) is 12.1 Å². The lowest BCUT2D eigenvalue weighted by Crippen LogP contribution is -2.30. The molecule has 0 unspecified atom stereocenters. The molecule has 3 aromatic carbocycles. The summed E-state index contributed by atoms with van der Waals surface area (Å²) >= 11 is 5.85. The van der Waals surface area contributed by atoms with Crippen LogP contribution in [0.4, 0.5) is 8.78 Å². The molecule has 166 valence electrons. The van der Waals surface area contributed by atoms with Gasteiger partial charge in [0, 0.05) is 23.3 Å². The predicted octanol–water partition coefficient (Wildman–Crippen LogP) is 4.66. The Hall–Kier alpha value is -3.84. The molecule has 1 amide bonds. The number of halogens is 3. The van der Waals surface area contributed by atoms with Crippen LogP contribution in [0, 0.1) is 11.6 Å². The van der Waals surface area contributed by atoms with Crippen LogP contribution in [0.2, 0.25) is 5.02 Å². The lowest BCUT2D eigenvalue weighted by atomic mass is 9.99. The number of hydrogen-bond donors (Lipinski definition) is 2. The monoisotopic (exact) mass is 466 g/mol. The Balaban J connectivity index is 1.63. The van der Waals surface area contributed by atoms with Crippen LogP contribution in [0.5, 0.6) is 0 Å². The van der Waals surface area contributed by atoms with E-state index in [-0.39, 0.29) is 23.1 Å². The quantitative estimate of drug-likeness (QED) is 0.405.